The van der Waals surface area contributed by atoms with E-state index in [0.29, 0.717) is 18.3 Å². The highest BCUT2D eigenvalue weighted by atomic mass is 16.4. The molecule has 7 heteroatoms. The van der Waals surface area contributed by atoms with Gasteiger partial charge in [0, 0.05) is 25.5 Å². The Hall–Kier alpha value is -2.96. The molecule has 166 valence electrons. The first-order chi connectivity index (χ1) is 14.7. The van der Waals surface area contributed by atoms with Gasteiger partial charge in [0.25, 0.3) is 0 Å². The van der Waals surface area contributed by atoms with E-state index in [-0.39, 0.29) is 24.2 Å². The molecule has 1 saturated carbocycles. The molecule has 0 saturated heterocycles. The van der Waals surface area contributed by atoms with Crippen LogP contribution in [0, 0.1) is 17.8 Å². The lowest BCUT2D eigenvalue weighted by molar-refractivity contribution is -0.138. The van der Waals surface area contributed by atoms with Crippen LogP contribution >= 0.6 is 0 Å². The number of aliphatic carboxylic acids is 1. The quantitative estimate of drug-likeness (QED) is 0.599. The number of anilines is 2. The lowest BCUT2D eigenvalue weighted by Crippen LogP contribution is -2.32. The second-order valence-electron chi connectivity index (χ2n) is 9.23. The summed E-state index contributed by atoms with van der Waals surface area (Å²) in [5.41, 5.74) is 3.41. The van der Waals surface area contributed by atoms with Gasteiger partial charge < -0.3 is 15.3 Å². The van der Waals surface area contributed by atoms with Crippen LogP contribution in [0.4, 0.5) is 11.4 Å². The molecule has 0 bridgehead atoms. The maximum atomic E-state index is 12.8. The second-order valence-corrected chi connectivity index (χ2v) is 9.23. The van der Waals surface area contributed by atoms with Gasteiger partial charge in [0.1, 0.15) is 6.33 Å². The molecular weight excluding hydrogens is 392 g/mol. The molecule has 1 fully saturated rings. The van der Waals surface area contributed by atoms with Crippen molar-refractivity contribution in [2.45, 2.75) is 46.5 Å². The summed E-state index contributed by atoms with van der Waals surface area (Å²) in [5.74, 6) is -0.309. The predicted octanol–water partition coefficient (Wildman–Crippen LogP) is 3.96. The molecule has 2 N–H and O–H groups in total. The van der Waals surface area contributed by atoms with E-state index in [1.165, 1.54) is 6.33 Å². The van der Waals surface area contributed by atoms with E-state index in [9.17, 15) is 14.7 Å². The minimum Gasteiger partial charge on any atom is -0.481 e. The van der Waals surface area contributed by atoms with Gasteiger partial charge in [0.05, 0.1) is 23.7 Å². The van der Waals surface area contributed by atoms with Crippen molar-refractivity contribution in [1.82, 2.24) is 9.97 Å². The lowest BCUT2D eigenvalue weighted by Gasteiger charge is -2.30. The molecule has 0 aliphatic heterocycles. The highest BCUT2D eigenvalue weighted by Gasteiger charge is 2.44. The van der Waals surface area contributed by atoms with Gasteiger partial charge in [-0.3, -0.25) is 9.59 Å². The lowest BCUT2D eigenvalue weighted by atomic mass is 10.0. The smallest absolute Gasteiger partial charge is 0.307 e. The minimum absolute atomic E-state index is 0.00775. The standard InChI is InChI=1S/C24H32N4O3/c1-15(2)12-28(13-16(3)4)22-6-5-18(19-9-20(19)24(30)31)8-21(22)27-23(29)7-17-10-25-14-26-11-17/h5-6,8,10-11,14-16,19-20H,7,9,12-13H2,1-4H3,(H,27,29)(H,30,31)/t19-,20-/m0/s1. The Morgan fingerprint density at radius 2 is 1.77 bits per heavy atom. The molecule has 3 rings (SSSR count). The normalized spacial score (nSPS) is 17.6. The van der Waals surface area contributed by atoms with Gasteiger partial charge in [0.2, 0.25) is 5.91 Å². The summed E-state index contributed by atoms with van der Waals surface area (Å²) < 4.78 is 0. The topological polar surface area (TPSA) is 95.4 Å². The van der Waals surface area contributed by atoms with Crippen LogP contribution in [0.25, 0.3) is 0 Å². The monoisotopic (exact) mass is 424 g/mol. The number of amides is 1. The molecule has 31 heavy (non-hydrogen) atoms. The Bertz CT molecular complexity index is 904. The Labute approximate surface area is 183 Å². The van der Waals surface area contributed by atoms with Crippen molar-refractivity contribution < 1.29 is 14.7 Å². The first-order valence-corrected chi connectivity index (χ1v) is 10.9. The number of hydrogen-bond acceptors (Lipinski definition) is 5. The van der Waals surface area contributed by atoms with Crippen molar-refractivity contribution in [1.29, 1.82) is 0 Å². The Kier molecular flexibility index (Phi) is 7.25. The van der Waals surface area contributed by atoms with E-state index in [0.717, 1.165) is 35.6 Å². The summed E-state index contributed by atoms with van der Waals surface area (Å²) in [5, 5.41) is 12.4. The number of aromatic nitrogens is 2. The van der Waals surface area contributed by atoms with Gasteiger partial charge >= 0.3 is 5.97 Å². The minimum atomic E-state index is -0.759. The summed E-state index contributed by atoms with van der Waals surface area (Å²) in [6.45, 7) is 10.4. The molecule has 1 aromatic carbocycles. The summed E-state index contributed by atoms with van der Waals surface area (Å²) in [7, 11) is 0. The zero-order valence-electron chi connectivity index (χ0n) is 18.7. The number of carboxylic acids is 1. The first kappa shape index (κ1) is 22.7. The van der Waals surface area contributed by atoms with Crippen LogP contribution in [0.2, 0.25) is 0 Å². The third-order valence-corrected chi connectivity index (χ3v) is 5.32. The van der Waals surface area contributed by atoms with E-state index >= 15 is 0 Å². The summed E-state index contributed by atoms with van der Waals surface area (Å²) in [6.07, 6.45) is 5.53. The van der Waals surface area contributed by atoms with Crippen LogP contribution < -0.4 is 10.2 Å². The van der Waals surface area contributed by atoms with Gasteiger partial charge in [-0.2, -0.15) is 0 Å². The second kappa shape index (κ2) is 9.90. The highest BCUT2D eigenvalue weighted by molar-refractivity contribution is 5.96. The third-order valence-electron chi connectivity index (χ3n) is 5.32. The van der Waals surface area contributed by atoms with Crippen LogP contribution in [-0.4, -0.2) is 40.0 Å². The third kappa shape index (κ3) is 6.26. The maximum Gasteiger partial charge on any atom is 0.307 e. The largest absolute Gasteiger partial charge is 0.481 e. The first-order valence-electron chi connectivity index (χ1n) is 10.9. The van der Waals surface area contributed by atoms with E-state index in [1.54, 1.807) is 12.4 Å². The molecule has 1 aliphatic rings. The molecular formula is C24H32N4O3. The van der Waals surface area contributed by atoms with Crippen LogP contribution in [-0.2, 0) is 16.0 Å². The summed E-state index contributed by atoms with van der Waals surface area (Å²) in [4.78, 5) is 34.4. The number of carbonyl (C=O) groups excluding carboxylic acids is 1. The zero-order chi connectivity index (χ0) is 22.5. The van der Waals surface area contributed by atoms with Crippen molar-refractivity contribution in [2.75, 3.05) is 23.3 Å². The SMILES string of the molecule is CC(C)CN(CC(C)C)c1ccc([C@@H]2C[C@@H]2C(=O)O)cc1NC(=O)Cc1cncnc1. The number of carboxylic acid groups (broad SMARTS) is 1. The number of benzene rings is 1. The van der Waals surface area contributed by atoms with Crippen molar-refractivity contribution in [2.24, 2.45) is 17.8 Å². The van der Waals surface area contributed by atoms with Gasteiger partial charge in [0.15, 0.2) is 0 Å². The molecule has 0 spiro atoms. The van der Waals surface area contributed by atoms with E-state index in [1.807, 2.05) is 18.2 Å². The zero-order valence-corrected chi connectivity index (χ0v) is 18.7. The molecule has 2 aromatic rings. The Morgan fingerprint density at radius 1 is 1.13 bits per heavy atom. The fourth-order valence-electron chi connectivity index (χ4n) is 3.95. The molecule has 0 radical (unpaired) electrons. The van der Waals surface area contributed by atoms with Crippen LogP contribution in [0.15, 0.2) is 36.9 Å². The Balaban J connectivity index is 1.89. The number of carbonyl (C=O) groups is 2. The predicted molar refractivity (Wildman–Crippen MR) is 121 cm³/mol. The number of hydrogen-bond donors (Lipinski definition) is 2. The molecule has 7 nitrogen and oxygen atoms in total. The summed E-state index contributed by atoms with van der Waals surface area (Å²) >= 11 is 0. The van der Waals surface area contributed by atoms with Crippen molar-refractivity contribution in [3.05, 3.63) is 48.0 Å². The van der Waals surface area contributed by atoms with Gasteiger partial charge in [-0.15, -0.1) is 0 Å². The molecule has 1 aromatic heterocycles. The number of nitrogens with zero attached hydrogens (tertiary/aromatic N) is 3. The van der Waals surface area contributed by atoms with E-state index < -0.39 is 5.97 Å². The highest BCUT2D eigenvalue weighted by Crippen LogP contribution is 2.49. The van der Waals surface area contributed by atoms with E-state index in [4.69, 9.17) is 0 Å². The van der Waals surface area contributed by atoms with Gasteiger partial charge in [-0.05, 0) is 47.4 Å². The van der Waals surface area contributed by atoms with E-state index in [2.05, 4.69) is 47.9 Å². The van der Waals surface area contributed by atoms with Gasteiger partial charge in [-0.25, -0.2) is 9.97 Å². The molecule has 2 atom stereocenters. The molecule has 0 unspecified atom stereocenters. The van der Waals surface area contributed by atoms with Crippen LogP contribution in [0.1, 0.15) is 51.2 Å². The molecule has 1 heterocycles. The molecule has 1 amide bonds. The molecule has 1 aliphatic carbocycles. The number of nitrogens with one attached hydrogen (secondary N) is 1. The van der Waals surface area contributed by atoms with Crippen LogP contribution in [0.5, 0.6) is 0 Å². The van der Waals surface area contributed by atoms with Crippen molar-refractivity contribution in [3.8, 4) is 0 Å². The maximum absolute atomic E-state index is 12.8. The fourth-order valence-corrected chi connectivity index (χ4v) is 3.95. The fraction of sp³-hybridized carbons (Fsp3) is 0.500. The van der Waals surface area contributed by atoms with Crippen molar-refractivity contribution >= 4 is 23.3 Å². The van der Waals surface area contributed by atoms with Crippen molar-refractivity contribution in [3.63, 3.8) is 0 Å². The van der Waals surface area contributed by atoms with Gasteiger partial charge in [-0.1, -0.05) is 33.8 Å². The average Bonchev–Trinajstić information content (AvgIpc) is 3.48. The Morgan fingerprint density at radius 3 is 2.32 bits per heavy atom. The number of rotatable bonds is 10. The average molecular weight is 425 g/mol. The summed E-state index contributed by atoms with van der Waals surface area (Å²) in [6, 6.07) is 5.99. The van der Waals surface area contributed by atoms with Crippen LogP contribution in [0.3, 0.4) is 0 Å².